The molecule has 0 heterocycles. The normalized spacial score (nSPS) is 12.3. The Morgan fingerprint density at radius 1 is 0.722 bits per heavy atom. The highest BCUT2D eigenvalue weighted by atomic mass is 16.5. The summed E-state index contributed by atoms with van der Waals surface area (Å²) >= 11 is 0. The van der Waals surface area contributed by atoms with Gasteiger partial charge >= 0.3 is 0 Å². The second-order valence-electron chi connectivity index (χ2n) is 6.22. The molecule has 0 unspecified atom stereocenters. The lowest BCUT2D eigenvalue weighted by Gasteiger charge is -2.27. The fourth-order valence-corrected chi connectivity index (χ4v) is 1.36. The van der Waals surface area contributed by atoms with Gasteiger partial charge in [0.2, 0.25) is 0 Å². The van der Waals surface area contributed by atoms with Crippen LogP contribution in [0, 0.1) is 0 Å². The highest BCUT2D eigenvalue weighted by molar-refractivity contribution is 5.53. The minimum absolute atomic E-state index is 0.226. The van der Waals surface area contributed by atoms with E-state index >= 15 is 0 Å². The van der Waals surface area contributed by atoms with Crippen LogP contribution < -0.4 is 9.47 Å². The SMILES string of the molecule is CC(C)(C)Oc1cc(O)c(O)cc1OC(C)(C)C. The van der Waals surface area contributed by atoms with Crippen molar-refractivity contribution < 1.29 is 19.7 Å². The molecule has 0 aromatic heterocycles. The Bertz CT molecular complexity index is 384. The van der Waals surface area contributed by atoms with Crippen molar-refractivity contribution in [3.8, 4) is 23.0 Å². The predicted molar refractivity (Wildman–Crippen MR) is 70.5 cm³/mol. The molecule has 102 valence electrons. The van der Waals surface area contributed by atoms with Crippen molar-refractivity contribution in [1.29, 1.82) is 0 Å². The maximum Gasteiger partial charge on any atom is 0.165 e. The summed E-state index contributed by atoms with van der Waals surface area (Å²) in [5.74, 6) is 0.367. The number of rotatable bonds is 2. The second-order valence-corrected chi connectivity index (χ2v) is 6.22. The van der Waals surface area contributed by atoms with E-state index in [-0.39, 0.29) is 11.5 Å². The smallest absolute Gasteiger partial charge is 0.165 e. The monoisotopic (exact) mass is 254 g/mol. The summed E-state index contributed by atoms with van der Waals surface area (Å²) in [6, 6.07) is 2.73. The maximum atomic E-state index is 9.53. The van der Waals surface area contributed by atoms with Crippen LogP contribution >= 0.6 is 0 Å². The van der Waals surface area contributed by atoms with Gasteiger partial charge in [0, 0.05) is 12.1 Å². The summed E-state index contributed by atoms with van der Waals surface area (Å²) in [5, 5.41) is 19.1. The van der Waals surface area contributed by atoms with Gasteiger partial charge in [-0.3, -0.25) is 0 Å². The summed E-state index contributed by atoms with van der Waals surface area (Å²) in [6.45, 7) is 11.4. The first-order valence-corrected chi connectivity index (χ1v) is 5.92. The first-order chi connectivity index (χ1) is 7.98. The van der Waals surface area contributed by atoms with E-state index in [4.69, 9.17) is 9.47 Å². The van der Waals surface area contributed by atoms with E-state index < -0.39 is 11.2 Å². The Kier molecular flexibility index (Phi) is 3.70. The number of phenols is 2. The fourth-order valence-electron chi connectivity index (χ4n) is 1.36. The van der Waals surface area contributed by atoms with Crippen molar-refractivity contribution in [1.82, 2.24) is 0 Å². The van der Waals surface area contributed by atoms with E-state index in [0.717, 1.165) is 0 Å². The third kappa shape index (κ3) is 4.35. The Morgan fingerprint density at radius 2 is 1.00 bits per heavy atom. The minimum atomic E-state index is -0.417. The van der Waals surface area contributed by atoms with Gasteiger partial charge in [-0.15, -0.1) is 0 Å². The summed E-state index contributed by atoms with van der Waals surface area (Å²) in [7, 11) is 0. The molecule has 0 spiro atoms. The summed E-state index contributed by atoms with van der Waals surface area (Å²) in [4.78, 5) is 0. The lowest BCUT2D eigenvalue weighted by atomic mass is 10.1. The third-order valence-corrected chi connectivity index (χ3v) is 1.87. The van der Waals surface area contributed by atoms with Crippen LogP contribution in [0.4, 0.5) is 0 Å². The molecule has 0 aliphatic rings. The highest BCUT2D eigenvalue weighted by Gasteiger charge is 2.21. The van der Waals surface area contributed by atoms with Crippen LogP contribution in [0.5, 0.6) is 23.0 Å². The quantitative estimate of drug-likeness (QED) is 0.794. The largest absolute Gasteiger partial charge is 0.504 e. The molecule has 0 aliphatic heterocycles. The predicted octanol–water partition coefficient (Wildman–Crippen LogP) is 3.45. The van der Waals surface area contributed by atoms with Gasteiger partial charge in [-0.2, -0.15) is 0 Å². The second kappa shape index (κ2) is 4.59. The molecule has 1 aromatic rings. The minimum Gasteiger partial charge on any atom is -0.504 e. The molecular weight excluding hydrogens is 232 g/mol. The Morgan fingerprint density at radius 3 is 1.22 bits per heavy atom. The maximum absolute atomic E-state index is 9.53. The Balaban J connectivity index is 3.17. The molecule has 0 aliphatic carbocycles. The van der Waals surface area contributed by atoms with Crippen molar-refractivity contribution in [3.05, 3.63) is 12.1 Å². The molecule has 0 radical (unpaired) electrons. The number of ether oxygens (including phenoxy) is 2. The van der Waals surface area contributed by atoms with Gasteiger partial charge in [-0.05, 0) is 41.5 Å². The van der Waals surface area contributed by atoms with E-state index in [1.165, 1.54) is 12.1 Å². The number of hydrogen-bond acceptors (Lipinski definition) is 4. The van der Waals surface area contributed by atoms with Crippen LogP contribution in [0.3, 0.4) is 0 Å². The van der Waals surface area contributed by atoms with E-state index in [2.05, 4.69) is 0 Å². The van der Waals surface area contributed by atoms with Gasteiger partial charge in [0.05, 0.1) is 0 Å². The van der Waals surface area contributed by atoms with E-state index in [0.29, 0.717) is 11.5 Å². The van der Waals surface area contributed by atoms with E-state index in [9.17, 15) is 10.2 Å². The molecule has 1 rings (SSSR count). The molecule has 0 bridgehead atoms. The van der Waals surface area contributed by atoms with Gasteiger partial charge < -0.3 is 19.7 Å². The van der Waals surface area contributed by atoms with Gasteiger partial charge in [0.1, 0.15) is 11.2 Å². The van der Waals surface area contributed by atoms with Crippen LogP contribution in [0.15, 0.2) is 12.1 Å². The van der Waals surface area contributed by atoms with Crippen LogP contribution in [0.25, 0.3) is 0 Å². The van der Waals surface area contributed by atoms with Gasteiger partial charge in [-0.1, -0.05) is 0 Å². The van der Waals surface area contributed by atoms with Gasteiger partial charge in [0.25, 0.3) is 0 Å². The third-order valence-electron chi connectivity index (χ3n) is 1.87. The average molecular weight is 254 g/mol. The Hall–Kier alpha value is -1.58. The number of hydrogen-bond donors (Lipinski definition) is 2. The lowest BCUT2D eigenvalue weighted by molar-refractivity contribution is 0.0949. The number of aromatic hydroxyl groups is 2. The molecule has 0 fully saturated rings. The number of phenolic OH excluding ortho intramolecular Hbond substituents is 2. The molecule has 0 atom stereocenters. The molecule has 0 saturated heterocycles. The van der Waals surface area contributed by atoms with E-state index in [1.807, 2.05) is 41.5 Å². The van der Waals surface area contributed by atoms with E-state index in [1.54, 1.807) is 0 Å². The van der Waals surface area contributed by atoms with Crippen LogP contribution in [0.2, 0.25) is 0 Å². The zero-order valence-electron chi connectivity index (χ0n) is 11.9. The zero-order valence-corrected chi connectivity index (χ0v) is 11.9. The Labute approximate surface area is 108 Å². The van der Waals surface area contributed by atoms with Gasteiger partial charge in [0.15, 0.2) is 23.0 Å². The fraction of sp³-hybridized carbons (Fsp3) is 0.571. The summed E-state index contributed by atoms with van der Waals surface area (Å²) in [6.07, 6.45) is 0. The molecule has 18 heavy (non-hydrogen) atoms. The molecule has 0 saturated carbocycles. The molecule has 4 nitrogen and oxygen atoms in total. The topological polar surface area (TPSA) is 58.9 Å². The van der Waals surface area contributed by atoms with Crippen molar-refractivity contribution in [2.45, 2.75) is 52.7 Å². The summed E-state index contributed by atoms with van der Waals surface area (Å²) in [5.41, 5.74) is -0.835. The van der Waals surface area contributed by atoms with Crippen molar-refractivity contribution >= 4 is 0 Å². The zero-order chi connectivity index (χ0) is 14.1. The van der Waals surface area contributed by atoms with Crippen LogP contribution in [0.1, 0.15) is 41.5 Å². The van der Waals surface area contributed by atoms with Gasteiger partial charge in [-0.25, -0.2) is 0 Å². The first kappa shape index (κ1) is 14.5. The van der Waals surface area contributed by atoms with Crippen molar-refractivity contribution in [3.63, 3.8) is 0 Å². The first-order valence-electron chi connectivity index (χ1n) is 5.92. The molecule has 2 N–H and O–H groups in total. The molecule has 1 aromatic carbocycles. The summed E-state index contributed by atoms with van der Waals surface area (Å²) < 4.78 is 11.4. The standard InChI is InChI=1S/C14H22O4/c1-13(2,3)17-11-7-9(15)10(16)8-12(11)18-14(4,5)6/h7-8,15-16H,1-6H3. The average Bonchev–Trinajstić information content (AvgIpc) is 2.08. The lowest BCUT2D eigenvalue weighted by Crippen LogP contribution is -2.26. The van der Waals surface area contributed by atoms with Crippen LogP contribution in [-0.2, 0) is 0 Å². The van der Waals surface area contributed by atoms with Crippen molar-refractivity contribution in [2.75, 3.05) is 0 Å². The molecular formula is C14H22O4. The van der Waals surface area contributed by atoms with Crippen LogP contribution in [-0.4, -0.2) is 21.4 Å². The van der Waals surface area contributed by atoms with Crippen molar-refractivity contribution in [2.24, 2.45) is 0 Å². The molecule has 4 heteroatoms. The highest BCUT2D eigenvalue weighted by Crippen LogP contribution is 2.41. The number of benzene rings is 1. The molecule has 0 amide bonds.